The molecule has 1 aromatic rings. The Morgan fingerprint density at radius 2 is 1.56 bits per heavy atom. The predicted octanol–water partition coefficient (Wildman–Crippen LogP) is 2.38. The molecular weight excluding hydrogens is 316 g/mol. The molecule has 0 N–H and O–H groups in total. The topological polar surface area (TPSA) is 57.7 Å². The van der Waals surface area contributed by atoms with Crippen LogP contribution < -0.4 is 0 Å². The third-order valence-corrected chi connectivity index (χ3v) is 5.50. The number of benzene rings is 1. The van der Waals surface area contributed by atoms with Crippen LogP contribution in [-0.4, -0.2) is 41.1 Å². The van der Waals surface area contributed by atoms with Crippen LogP contribution in [-0.2, 0) is 27.3 Å². The fourth-order valence-electron chi connectivity index (χ4n) is 3.89. The van der Waals surface area contributed by atoms with Crippen molar-refractivity contribution in [1.82, 2.24) is 9.80 Å². The molecule has 0 spiro atoms. The minimum atomic E-state index is -0.195. The normalized spacial score (nSPS) is 22.9. The smallest absolute Gasteiger partial charge is 0.242 e. The Morgan fingerprint density at radius 1 is 1.04 bits per heavy atom. The van der Waals surface area contributed by atoms with Crippen LogP contribution in [0.25, 0.3) is 0 Å². The average Bonchev–Trinajstić information content (AvgIpc) is 2.87. The van der Waals surface area contributed by atoms with Gasteiger partial charge >= 0.3 is 0 Å². The van der Waals surface area contributed by atoms with Crippen LogP contribution in [0.15, 0.2) is 24.3 Å². The quantitative estimate of drug-likeness (QED) is 0.772. The first-order valence-corrected chi connectivity index (χ1v) is 9.18. The molecule has 2 fully saturated rings. The molecule has 3 amide bonds. The zero-order chi connectivity index (χ0) is 18.0. The summed E-state index contributed by atoms with van der Waals surface area (Å²) in [5.74, 6) is -0.880. The molecule has 5 nitrogen and oxygen atoms in total. The van der Waals surface area contributed by atoms with E-state index in [0.717, 1.165) is 37.7 Å². The number of rotatable bonds is 5. The van der Waals surface area contributed by atoms with Gasteiger partial charge in [-0.15, -0.1) is 0 Å². The SMILES string of the molecule is CCc1ccc(CN(C)C(=O)CN2C(=O)C3CCCCC3C2=O)cc1. The Balaban J connectivity index is 1.60. The molecule has 134 valence electrons. The third-order valence-electron chi connectivity index (χ3n) is 5.50. The molecule has 5 heteroatoms. The van der Waals surface area contributed by atoms with E-state index in [1.54, 1.807) is 11.9 Å². The summed E-state index contributed by atoms with van der Waals surface area (Å²) in [4.78, 5) is 40.2. The maximum atomic E-state index is 12.5. The van der Waals surface area contributed by atoms with E-state index in [4.69, 9.17) is 0 Å². The van der Waals surface area contributed by atoms with Crippen LogP contribution in [0.2, 0.25) is 0 Å². The van der Waals surface area contributed by atoms with E-state index in [0.29, 0.717) is 6.54 Å². The van der Waals surface area contributed by atoms with E-state index in [2.05, 4.69) is 19.1 Å². The minimum absolute atomic E-state index is 0.131. The summed E-state index contributed by atoms with van der Waals surface area (Å²) >= 11 is 0. The fraction of sp³-hybridized carbons (Fsp3) is 0.550. The van der Waals surface area contributed by atoms with Crippen LogP contribution in [0.5, 0.6) is 0 Å². The van der Waals surface area contributed by atoms with Crippen molar-refractivity contribution < 1.29 is 14.4 Å². The molecule has 2 unspecified atom stereocenters. The number of fused-ring (bicyclic) bond motifs is 1. The molecule has 25 heavy (non-hydrogen) atoms. The van der Waals surface area contributed by atoms with Gasteiger partial charge in [-0.1, -0.05) is 44.0 Å². The number of amides is 3. The maximum Gasteiger partial charge on any atom is 0.242 e. The van der Waals surface area contributed by atoms with Gasteiger partial charge in [-0.25, -0.2) is 0 Å². The summed E-state index contributed by atoms with van der Waals surface area (Å²) in [5, 5.41) is 0. The summed E-state index contributed by atoms with van der Waals surface area (Å²) in [5.41, 5.74) is 2.30. The number of nitrogens with zero attached hydrogens (tertiary/aromatic N) is 2. The number of hydrogen-bond acceptors (Lipinski definition) is 3. The van der Waals surface area contributed by atoms with Gasteiger partial charge in [-0.3, -0.25) is 19.3 Å². The second-order valence-electron chi connectivity index (χ2n) is 7.18. The third kappa shape index (κ3) is 3.60. The highest BCUT2D eigenvalue weighted by atomic mass is 16.2. The number of likely N-dealkylation sites (tertiary alicyclic amines) is 1. The molecule has 0 aromatic heterocycles. The van der Waals surface area contributed by atoms with Crippen LogP contribution in [0.3, 0.4) is 0 Å². The lowest BCUT2D eigenvalue weighted by Crippen LogP contribution is -2.41. The maximum absolute atomic E-state index is 12.5. The van der Waals surface area contributed by atoms with E-state index in [9.17, 15) is 14.4 Å². The van der Waals surface area contributed by atoms with Gasteiger partial charge in [-0.2, -0.15) is 0 Å². The second kappa shape index (κ2) is 7.38. The molecule has 1 aromatic carbocycles. The van der Waals surface area contributed by atoms with Gasteiger partial charge in [0.15, 0.2) is 0 Å². The number of likely N-dealkylation sites (N-methyl/N-ethyl adjacent to an activating group) is 1. The van der Waals surface area contributed by atoms with Crippen LogP contribution in [0.1, 0.15) is 43.7 Å². The number of carbonyl (C=O) groups excluding carboxylic acids is 3. The average molecular weight is 342 g/mol. The molecule has 1 aliphatic heterocycles. The second-order valence-corrected chi connectivity index (χ2v) is 7.18. The van der Waals surface area contributed by atoms with Crippen LogP contribution in [0.4, 0.5) is 0 Å². The first kappa shape index (κ1) is 17.6. The Kier molecular flexibility index (Phi) is 5.21. The molecule has 1 heterocycles. The first-order chi connectivity index (χ1) is 12.0. The van der Waals surface area contributed by atoms with Crippen molar-refractivity contribution >= 4 is 17.7 Å². The number of aryl methyl sites for hydroxylation is 1. The van der Waals surface area contributed by atoms with Crippen molar-refractivity contribution in [3.8, 4) is 0 Å². The Hall–Kier alpha value is -2.17. The van der Waals surface area contributed by atoms with E-state index in [-0.39, 0.29) is 36.1 Å². The Labute approximate surface area is 149 Å². The van der Waals surface area contributed by atoms with Crippen molar-refractivity contribution in [3.63, 3.8) is 0 Å². The highest BCUT2D eigenvalue weighted by Gasteiger charge is 2.48. The number of imide groups is 1. The summed E-state index contributed by atoms with van der Waals surface area (Å²) < 4.78 is 0. The van der Waals surface area contributed by atoms with Crippen molar-refractivity contribution in [2.24, 2.45) is 11.8 Å². The zero-order valence-electron chi connectivity index (χ0n) is 15.0. The minimum Gasteiger partial charge on any atom is -0.340 e. The van der Waals surface area contributed by atoms with Crippen LogP contribution >= 0.6 is 0 Å². The molecule has 2 aliphatic rings. The molecule has 0 radical (unpaired) electrons. The lowest BCUT2D eigenvalue weighted by molar-refractivity contribution is -0.146. The molecule has 1 saturated carbocycles. The van der Waals surface area contributed by atoms with E-state index < -0.39 is 0 Å². The van der Waals surface area contributed by atoms with Gasteiger partial charge in [0, 0.05) is 13.6 Å². The van der Waals surface area contributed by atoms with Crippen molar-refractivity contribution in [2.45, 2.75) is 45.6 Å². The zero-order valence-corrected chi connectivity index (χ0v) is 15.0. The van der Waals surface area contributed by atoms with E-state index >= 15 is 0 Å². The largest absolute Gasteiger partial charge is 0.340 e. The van der Waals surface area contributed by atoms with E-state index in [1.807, 2.05) is 12.1 Å². The highest BCUT2D eigenvalue weighted by Crippen LogP contribution is 2.37. The summed E-state index contributed by atoms with van der Waals surface area (Å²) in [6.45, 7) is 2.45. The molecule has 3 rings (SSSR count). The fourth-order valence-corrected chi connectivity index (χ4v) is 3.89. The number of hydrogen-bond donors (Lipinski definition) is 0. The van der Waals surface area contributed by atoms with Crippen LogP contribution in [0, 0.1) is 11.8 Å². The monoisotopic (exact) mass is 342 g/mol. The lowest BCUT2D eigenvalue weighted by Gasteiger charge is -2.21. The Morgan fingerprint density at radius 3 is 2.08 bits per heavy atom. The van der Waals surface area contributed by atoms with Gasteiger partial charge in [-0.05, 0) is 30.4 Å². The molecule has 2 atom stereocenters. The summed E-state index contributed by atoms with van der Waals surface area (Å²) in [6.07, 6.45) is 4.53. The summed E-state index contributed by atoms with van der Waals surface area (Å²) in [7, 11) is 1.72. The first-order valence-electron chi connectivity index (χ1n) is 9.18. The van der Waals surface area contributed by atoms with Crippen molar-refractivity contribution in [2.75, 3.05) is 13.6 Å². The lowest BCUT2D eigenvalue weighted by atomic mass is 9.81. The van der Waals surface area contributed by atoms with Gasteiger partial charge < -0.3 is 4.90 Å². The van der Waals surface area contributed by atoms with Gasteiger partial charge in [0.05, 0.1) is 11.8 Å². The predicted molar refractivity (Wildman–Crippen MR) is 94.5 cm³/mol. The number of carbonyl (C=O) groups is 3. The van der Waals surface area contributed by atoms with Gasteiger partial charge in [0.2, 0.25) is 17.7 Å². The standard InChI is InChI=1S/C20H26N2O3/c1-3-14-8-10-15(11-9-14)12-21(2)18(23)13-22-19(24)16-6-4-5-7-17(16)20(22)25/h8-11,16-17H,3-7,12-13H2,1-2H3. The van der Waals surface area contributed by atoms with E-state index in [1.165, 1.54) is 10.5 Å². The summed E-state index contributed by atoms with van der Waals surface area (Å²) in [6, 6.07) is 8.16. The van der Waals surface area contributed by atoms with Crippen molar-refractivity contribution in [3.05, 3.63) is 35.4 Å². The van der Waals surface area contributed by atoms with Gasteiger partial charge in [0.25, 0.3) is 0 Å². The van der Waals surface area contributed by atoms with Gasteiger partial charge in [0.1, 0.15) is 6.54 Å². The molecule has 1 aliphatic carbocycles. The molecular formula is C20H26N2O3. The van der Waals surface area contributed by atoms with Crippen molar-refractivity contribution in [1.29, 1.82) is 0 Å². The molecule has 0 bridgehead atoms. The highest BCUT2D eigenvalue weighted by molar-refractivity contribution is 6.07. The Bertz CT molecular complexity index is 644. The molecule has 1 saturated heterocycles.